The molecule has 0 aliphatic carbocycles. The van der Waals surface area contributed by atoms with Crippen LogP contribution in [0.15, 0.2) is 11.0 Å². The minimum atomic E-state index is -0.205. The van der Waals surface area contributed by atoms with Crippen molar-refractivity contribution in [1.82, 2.24) is 9.78 Å². The molecule has 18 heavy (non-hydrogen) atoms. The van der Waals surface area contributed by atoms with Gasteiger partial charge in [-0.05, 0) is 12.8 Å². The number of unbranched alkanes of at least 4 members (excludes halogenated alkanes) is 1. The minimum Gasteiger partial charge on any atom is -0.367 e. The Balaban J connectivity index is 2.23. The number of rotatable bonds is 4. The highest BCUT2D eigenvalue weighted by molar-refractivity contribution is 6.33. The standard InChI is InChI=1S/C12H19ClN4O/c1-2-3-5-17-12(18)11(13)10(7-15-17)16-6-4-9(14)8-16/h7,9H,2-6,8,14H2,1H3. The third kappa shape index (κ3) is 2.67. The summed E-state index contributed by atoms with van der Waals surface area (Å²) in [5, 5.41) is 4.44. The molecule has 2 heterocycles. The Morgan fingerprint density at radius 2 is 2.39 bits per heavy atom. The summed E-state index contributed by atoms with van der Waals surface area (Å²) in [6.07, 6.45) is 4.55. The minimum absolute atomic E-state index is 0.156. The second-order valence-corrected chi connectivity index (χ2v) is 5.10. The molecule has 1 aliphatic rings. The van der Waals surface area contributed by atoms with E-state index in [9.17, 15) is 4.79 Å². The molecule has 5 nitrogen and oxygen atoms in total. The molecule has 0 aromatic carbocycles. The number of anilines is 1. The van der Waals surface area contributed by atoms with Gasteiger partial charge in [0.2, 0.25) is 0 Å². The van der Waals surface area contributed by atoms with Crippen molar-refractivity contribution in [3.8, 4) is 0 Å². The molecule has 0 radical (unpaired) electrons. The van der Waals surface area contributed by atoms with E-state index in [1.165, 1.54) is 4.68 Å². The second-order valence-electron chi connectivity index (χ2n) is 4.72. The molecule has 0 bridgehead atoms. The van der Waals surface area contributed by atoms with Gasteiger partial charge in [-0.3, -0.25) is 4.79 Å². The Morgan fingerprint density at radius 1 is 1.61 bits per heavy atom. The maximum Gasteiger partial charge on any atom is 0.287 e. The first-order valence-electron chi connectivity index (χ1n) is 6.39. The quantitative estimate of drug-likeness (QED) is 0.894. The van der Waals surface area contributed by atoms with Crippen molar-refractivity contribution < 1.29 is 0 Å². The first-order chi connectivity index (χ1) is 8.63. The van der Waals surface area contributed by atoms with Crippen molar-refractivity contribution in [2.24, 2.45) is 5.73 Å². The largest absolute Gasteiger partial charge is 0.367 e. The topological polar surface area (TPSA) is 64.2 Å². The molecule has 6 heteroatoms. The third-order valence-corrected chi connectivity index (χ3v) is 3.61. The molecule has 1 aromatic rings. The van der Waals surface area contributed by atoms with Crippen molar-refractivity contribution in [1.29, 1.82) is 0 Å². The average molecular weight is 271 g/mol. The smallest absolute Gasteiger partial charge is 0.287 e. The van der Waals surface area contributed by atoms with E-state index in [-0.39, 0.29) is 16.6 Å². The molecule has 0 spiro atoms. The van der Waals surface area contributed by atoms with Crippen molar-refractivity contribution in [2.45, 2.75) is 38.8 Å². The van der Waals surface area contributed by atoms with Gasteiger partial charge in [0.1, 0.15) is 5.02 Å². The maximum atomic E-state index is 12.0. The van der Waals surface area contributed by atoms with Crippen LogP contribution in [0.4, 0.5) is 5.69 Å². The number of nitrogens with two attached hydrogens (primary N) is 1. The summed E-state index contributed by atoms with van der Waals surface area (Å²) in [4.78, 5) is 14.1. The number of hydrogen-bond donors (Lipinski definition) is 1. The molecule has 1 atom stereocenters. The van der Waals surface area contributed by atoms with E-state index in [0.29, 0.717) is 12.2 Å². The van der Waals surface area contributed by atoms with E-state index in [1.807, 2.05) is 4.90 Å². The fourth-order valence-electron chi connectivity index (χ4n) is 2.15. The van der Waals surface area contributed by atoms with Gasteiger partial charge in [-0.25, -0.2) is 4.68 Å². The molecule has 100 valence electrons. The Kier molecular flexibility index (Phi) is 4.24. The molecule has 1 unspecified atom stereocenters. The highest BCUT2D eigenvalue weighted by atomic mass is 35.5. The summed E-state index contributed by atoms with van der Waals surface area (Å²) in [6, 6.07) is 0.156. The Bertz CT molecular complexity index is 474. The Morgan fingerprint density at radius 3 is 3.00 bits per heavy atom. The summed E-state index contributed by atoms with van der Waals surface area (Å²) in [5.41, 5.74) is 6.36. The van der Waals surface area contributed by atoms with Crippen LogP contribution in [0.5, 0.6) is 0 Å². The molecule has 0 saturated carbocycles. The van der Waals surface area contributed by atoms with E-state index >= 15 is 0 Å². The van der Waals surface area contributed by atoms with Crippen molar-refractivity contribution >= 4 is 17.3 Å². The molecule has 1 fully saturated rings. The van der Waals surface area contributed by atoms with Crippen LogP contribution in [0.3, 0.4) is 0 Å². The van der Waals surface area contributed by atoms with Gasteiger partial charge in [0.15, 0.2) is 0 Å². The predicted molar refractivity (Wildman–Crippen MR) is 73.2 cm³/mol. The summed E-state index contributed by atoms with van der Waals surface area (Å²) < 4.78 is 1.44. The van der Waals surface area contributed by atoms with Crippen LogP contribution in [-0.4, -0.2) is 28.9 Å². The Hall–Kier alpha value is -1.07. The number of halogens is 1. The van der Waals surface area contributed by atoms with Gasteiger partial charge in [0.25, 0.3) is 5.56 Å². The van der Waals surface area contributed by atoms with Gasteiger partial charge < -0.3 is 10.6 Å². The van der Waals surface area contributed by atoms with Gasteiger partial charge in [0, 0.05) is 25.7 Å². The summed E-state index contributed by atoms with van der Waals surface area (Å²) >= 11 is 6.15. The number of aryl methyl sites for hydroxylation is 1. The lowest BCUT2D eigenvalue weighted by molar-refractivity contribution is 0.542. The van der Waals surface area contributed by atoms with E-state index in [0.717, 1.165) is 32.4 Å². The Labute approximate surface area is 112 Å². The van der Waals surface area contributed by atoms with Crippen LogP contribution >= 0.6 is 11.6 Å². The number of nitrogens with zero attached hydrogens (tertiary/aromatic N) is 3. The van der Waals surface area contributed by atoms with Crippen molar-refractivity contribution in [3.63, 3.8) is 0 Å². The van der Waals surface area contributed by atoms with Crippen LogP contribution in [0.25, 0.3) is 0 Å². The molecular weight excluding hydrogens is 252 g/mol. The van der Waals surface area contributed by atoms with Crippen LogP contribution in [-0.2, 0) is 6.54 Å². The number of hydrogen-bond acceptors (Lipinski definition) is 4. The zero-order chi connectivity index (χ0) is 13.1. The normalized spacial score (nSPS) is 19.5. The molecule has 2 rings (SSSR count). The summed E-state index contributed by atoms with van der Waals surface area (Å²) in [5.74, 6) is 0. The monoisotopic (exact) mass is 270 g/mol. The van der Waals surface area contributed by atoms with E-state index in [2.05, 4.69) is 12.0 Å². The van der Waals surface area contributed by atoms with Gasteiger partial charge in [-0.2, -0.15) is 5.10 Å². The molecule has 0 amide bonds. The van der Waals surface area contributed by atoms with Gasteiger partial charge >= 0.3 is 0 Å². The SMILES string of the molecule is CCCCn1ncc(N2CCC(N)C2)c(Cl)c1=O. The summed E-state index contributed by atoms with van der Waals surface area (Å²) in [7, 11) is 0. The molecular formula is C12H19ClN4O. The van der Waals surface area contributed by atoms with Crippen LogP contribution < -0.4 is 16.2 Å². The number of aromatic nitrogens is 2. The second kappa shape index (κ2) is 5.71. The lowest BCUT2D eigenvalue weighted by Gasteiger charge is -2.19. The lowest BCUT2D eigenvalue weighted by atomic mass is 10.3. The van der Waals surface area contributed by atoms with Crippen molar-refractivity contribution in [3.05, 3.63) is 21.6 Å². The molecule has 2 N–H and O–H groups in total. The average Bonchev–Trinajstić information content (AvgIpc) is 2.78. The summed E-state index contributed by atoms with van der Waals surface area (Å²) in [6.45, 7) is 4.27. The zero-order valence-electron chi connectivity index (χ0n) is 10.6. The van der Waals surface area contributed by atoms with Crippen LogP contribution in [0.2, 0.25) is 5.02 Å². The maximum absolute atomic E-state index is 12.0. The predicted octanol–water partition coefficient (Wildman–Crippen LogP) is 1.23. The van der Waals surface area contributed by atoms with Crippen molar-refractivity contribution in [2.75, 3.05) is 18.0 Å². The highest BCUT2D eigenvalue weighted by Gasteiger charge is 2.23. The zero-order valence-corrected chi connectivity index (χ0v) is 11.4. The van der Waals surface area contributed by atoms with Crippen LogP contribution in [0, 0.1) is 0 Å². The van der Waals surface area contributed by atoms with E-state index in [1.54, 1.807) is 6.20 Å². The van der Waals surface area contributed by atoms with E-state index < -0.39 is 0 Å². The fourth-order valence-corrected chi connectivity index (χ4v) is 2.42. The first-order valence-corrected chi connectivity index (χ1v) is 6.77. The third-order valence-electron chi connectivity index (χ3n) is 3.26. The van der Waals surface area contributed by atoms with Gasteiger partial charge in [-0.15, -0.1) is 0 Å². The fraction of sp³-hybridized carbons (Fsp3) is 0.667. The molecule has 1 saturated heterocycles. The van der Waals surface area contributed by atoms with E-state index in [4.69, 9.17) is 17.3 Å². The van der Waals surface area contributed by atoms with Crippen LogP contribution in [0.1, 0.15) is 26.2 Å². The first kappa shape index (κ1) is 13.4. The van der Waals surface area contributed by atoms with Gasteiger partial charge in [-0.1, -0.05) is 24.9 Å². The van der Waals surface area contributed by atoms with Gasteiger partial charge in [0.05, 0.1) is 11.9 Å². The molecule has 1 aromatic heterocycles. The highest BCUT2D eigenvalue weighted by Crippen LogP contribution is 2.24. The lowest BCUT2D eigenvalue weighted by Crippen LogP contribution is -2.30. The molecule has 1 aliphatic heterocycles.